The summed E-state index contributed by atoms with van der Waals surface area (Å²) < 4.78 is 0. The number of hydrazone groups is 1. The highest BCUT2D eigenvalue weighted by Crippen LogP contribution is 2.07. The number of hydrogen-bond donors (Lipinski definition) is 2. The van der Waals surface area contributed by atoms with E-state index in [0.717, 1.165) is 11.1 Å². The average Bonchev–Trinajstić information content (AvgIpc) is 2.10. The Labute approximate surface area is 82.3 Å². The van der Waals surface area contributed by atoms with Crippen LogP contribution in [0, 0.1) is 13.8 Å². The third kappa shape index (κ3) is 2.90. The highest BCUT2D eigenvalue weighted by Gasteiger charge is 1.93. The van der Waals surface area contributed by atoms with Crippen molar-refractivity contribution in [1.29, 1.82) is 0 Å². The minimum atomic E-state index is -1.16. The Kier molecular flexibility index (Phi) is 3.23. The normalized spacial score (nSPS) is 10.4. The number of rotatable bonds is 2. The number of nitrogens with one attached hydrogen (secondary N) is 1. The standard InChI is InChI=1S/C10H12N2O2/c1-7-3-4-9(5-8(7)2)6-11-12-10(13)14/h3-6,12H,1-2H3,(H,13,14)/b11-6+. The summed E-state index contributed by atoms with van der Waals surface area (Å²) in [6, 6.07) is 5.80. The first kappa shape index (κ1) is 10.2. The van der Waals surface area contributed by atoms with Gasteiger partial charge in [0, 0.05) is 0 Å². The molecular weight excluding hydrogens is 180 g/mol. The monoisotopic (exact) mass is 192 g/mol. The number of hydrogen-bond acceptors (Lipinski definition) is 2. The van der Waals surface area contributed by atoms with Crippen molar-refractivity contribution in [3.8, 4) is 0 Å². The van der Waals surface area contributed by atoms with E-state index in [4.69, 9.17) is 5.11 Å². The van der Waals surface area contributed by atoms with Crippen LogP contribution in [0.2, 0.25) is 0 Å². The highest BCUT2D eigenvalue weighted by atomic mass is 16.4. The molecule has 0 aliphatic carbocycles. The van der Waals surface area contributed by atoms with E-state index in [2.05, 4.69) is 5.10 Å². The van der Waals surface area contributed by atoms with E-state index >= 15 is 0 Å². The average molecular weight is 192 g/mol. The molecule has 1 rings (SSSR count). The zero-order valence-electron chi connectivity index (χ0n) is 8.11. The molecule has 0 spiro atoms. The SMILES string of the molecule is Cc1ccc(/C=N/NC(=O)O)cc1C. The second kappa shape index (κ2) is 4.41. The molecule has 2 N–H and O–H groups in total. The van der Waals surface area contributed by atoms with Gasteiger partial charge in [-0.3, -0.25) is 0 Å². The van der Waals surface area contributed by atoms with E-state index in [1.165, 1.54) is 11.8 Å². The largest absolute Gasteiger partial charge is 0.464 e. The fourth-order valence-electron chi connectivity index (χ4n) is 1.01. The Balaban J connectivity index is 2.73. The Bertz CT molecular complexity index is 372. The second-order valence-electron chi connectivity index (χ2n) is 3.02. The van der Waals surface area contributed by atoms with Crippen LogP contribution in [0.15, 0.2) is 23.3 Å². The molecule has 0 atom stereocenters. The van der Waals surface area contributed by atoms with E-state index in [-0.39, 0.29) is 0 Å². The van der Waals surface area contributed by atoms with Crippen molar-refractivity contribution in [3.05, 3.63) is 34.9 Å². The Morgan fingerprint density at radius 1 is 1.43 bits per heavy atom. The molecule has 0 aliphatic heterocycles. The van der Waals surface area contributed by atoms with Crippen molar-refractivity contribution in [2.24, 2.45) is 5.10 Å². The first-order valence-corrected chi connectivity index (χ1v) is 4.19. The smallest absolute Gasteiger partial charge is 0.425 e. The van der Waals surface area contributed by atoms with Crippen LogP contribution in [0.5, 0.6) is 0 Å². The molecule has 0 saturated carbocycles. The van der Waals surface area contributed by atoms with E-state index in [1.54, 1.807) is 0 Å². The molecule has 0 saturated heterocycles. The van der Waals surface area contributed by atoms with Gasteiger partial charge in [0.15, 0.2) is 0 Å². The lowest BCUT2D eigenvalue weighted by Crippen LogP contribution is -2.13. The summed E-state index contributed by atoms with van der Waals surface area (Å²) in [6.07, 6.45) is 0.311. The molecule has 1 aromatic carbocycles. The Morgan fingerprint density at radius 2 is 2.14 bits per heavy atom. The van der Waals surface area contributed by atoms with Gasteiger partial charge in [-0.15, -0.1) is 0 Å². The summed E-state index contributed by atoms with van der Waals surface area (Å²) in [7, 11) is 0. The molecule has 74 valence electrons. The van der Waals surface area contributed by atoms with Gasteiger partial charge in [0.05, 0.1) is 6.21 Å². The lowest BCUT2D eigenvalue weighted by atomic mass is 10.1. The van der Waals surface area contributed by atoms with Crippen molar-refractivity contribution in [3.63, 3.8) is 0 Å². The predicted molar refractivity (Wildman–Crippen MR) is 54.7 cm³/mol. The Morgan fingerprint density at radius 3 is 2.71 bits per heavy atom. The maximum atomic E-state index is 10.1. The molecular formula is C10H12N2O2. The van der Waals surface area contributed by atoms with Crippen LogP contribution in [-0.4, -0.2) is 17.4 Å². The molecule has 0 radical (unpaired) electrons. The topological polar surface area (TPSA) is 61.7 Å². The highest BCUT2D eigenvalue weighted by molar-refractivity contribution is 5.81. The van der Waals surface area contributed by atoms with Gasteiger partial charge in [0.25, 0.3) is 0 Å². The molecule has 0 unspecified atom stereocenters. The molecule has 1 aromatic rings. The van der Waals surface area contributed by atoms with Crippen LogP contribution < -0.4 is 5.43 Å². The summed E-state index contributed by atoms with van der Waals surface area (Å²) in [5.74, 6) is 0. The molecule has 1 amide bonds. The van der Waals surface area contributed by atoms with Crippen LogP contribution in [0.4, 0.5) is 4.79 Å². The first-order chi connectivity index (χ1) is 6.59. The molecule has 0 aliphatic rings. The Hall–Kier alpha value is -1.84. The molecule has 0 bridgehead atoms. The van der Waals surface area contributed by atoms with Gasteiger partial charge in [-0.05, 0) is 30.5 Å². The predicted octanol–water partition coefficient (Wildman–Crippen LogP) is 1.90. The van der Waals surface area contributed by atoms with Gasteiger partial charge in [0.1, 0.15) is 0 Å². The van der Waals surface area contributed by atoms with Crippen molar-refractivity contribution in [2.75, 3.05) is 0 Å². The van der Waals surface area contributed by atoms with Gasteiger partial charge in [-0.2, -0.15) is 5.10 Å². The number of carboxylic acid groups (broad SMARTS) is 1. The van der Waals surface area contributed by atoms with E-state index in [1.807, 2.05) is 37.5 Å². The second-order valence-corrected chi connectivity index (χ2v) is 3.02. The minimum absolute atomic E-state index is 0.877. The number of benzene rings is 1. The van der Waals surface area contributed by atoms with Gasteiger partial charge in [-0.1, -0.05) is 18.2 Å². The quantitative estimate of drug-likeness (QED) is 0.555. The van der Waals surface area contributed by atoms with Crippen LogP contribution in [0.25, 0.3) is 0 Å². The van der Waals surface area contributed by atoms with Gasteiger partial charge in [-0.25, -0.2) is 10.2 Å². The van der Waals surface area contributed by atoms with Crippen molar-refractivity contribution < 1.29 is 9.90 Å². The van der Waals surface area contributed by atoms with Crippen LogP contribution in [-0.2, 0) is 0 Å². The fourth-order valence-corrected chi connectivity index (χ4v) is 1.01. The maximum absolute atomic E-state index is 10.1. The number of carbonyl (C=O) groups is 1. The number of aryl methyl sites for hydroxylation is 2. The minimum Gasteiger partial charge on any atom is -0.464 e. The summed E-state index contributed by atoms with van der Waals surface area (Å²) in [6.45, 7) is 4.02. The van der Waals surface area contributed by atoms with Crippen LogP contribution in [0.1, 0.15) is 16.7 Å². The van der Waals surface area contributed by atoms with Crippen LogP contribution in [0.3, 0.4) is 0 Å². The van der Waals surface area contributed by atoms with E-state index in [9.17, 15) is 4.79 Å². The molecule has 0 aromatic heterocycles. The van der Waals surface area contributed by atoms with Crippen molar-refractivity contribution in [2.45, 2.75) is 13.8 Å². The van der Waals surface area contributed by atoms with E-state index < -0.39 is 6.09 Å². The zero-order valence-corrected chi connectivity index (χ0v) is 8.11. The molecule has 4 nitrogen and oxygen atoms in total. The molecule has 14 heavy (non-hydrogen) atoms. The van der Waals surface area contributed by atoms with E-state index in [0.29, 0.717) is 0 Å². The van der Waals surface area contributed by atoms with Crippen molar-refractivity contribution >= 4 is 12.3 Å². The van der Waals surface area contributed by atoms with Gasteiger partial charge < -0.3 is 5.11 Å². The zero-order chi connectivity index (χ0) is 10.6. The van der Waals surface area contributed by atoms with Gasteiger partial charge in [0.2, 0.25) is 0 Å². The first-order valence-electron chi connectivity index (χ1n) is 4.19. The lowest BCUT2D eigenvalue weighted by Gasteiger charge is -1.99. The third-order valence-electron chi connectivity index (χ3n) is 1.90. The van der Waals surface area contributed by atoms with Crippen LogP contribution >= 0.6 is 0 Å². The summed E-state index contributed by atoms with van der Waals surface area (Å²) >= 11 is 0. The molecule has 4 heteroatoms. The van der Waals surface area contributed by atoms with Crippen molar-refractivity contribution in [1.82, 2.24) is 5.43 Å². The third-order valence-corrected chi connectivity index (χ3v) is 1.90. The summed E-state index contributed by atoms with van der Waals surface area (Å²) in [5.41, 5.74) is 5.15. The summed E-state index contributed by atoms with van der Waals surface area (Å²) in [4.78, 5) is 10.1. The number of nitrogens with zero attached hydrogens (tertiary/aromatic N) is 1. The fraction of sp³-hybridized carbons (Fsp3) is 0.200. The maximum Gasteiger partial charge on any atom is 0.425 e. The molecule has 0 heterocycles. The van der Waals surface area contributed by atoms with Gasteiger partial charge >= 0.3 is 6.09 Å². The molecule has 0 fully saturated rings. The number of amides is 1. The lowest BCUT2D eigenvalue weighted by molar-refractivity contribution is 0.195. The summed E-state index contributed by atoms with van der Waals surface area (Å²) in [5, 5.41) is 11.8.